The molecule has 0 radical (unpaired) electrons. The molecule has 2 aliphatic rings. The summed E-state index contributed by atoms with van der Waals surface area (Å²) >= 11 is 0. The molecular formula is C19H18N2O5. The molecule has 0 aliphatic carbocycles. The van der Waals surface area contributed by atoms with Crippen LogP contribution in [-0.4, -0.2) is 32.1 Å². The molecule has 2 aromatic carbocycles. The number of methoxy groups -OCH3 is 2. The number of imide groups is 1. The lowest BCUT2D eigenvalue weighted by Gasteiger charge is -2.28. The number of nitrogens with one attached hydrogen (secondary N) is 1. The number of fused-ring (bicyclic) bond motifs is 1. The lowest BCUT2D eigenvalue weighted by atomic mass is 9.90. The third-order valence-corrected chi connectivity index (χ3v) is 4.72. The van der Waals surface area contributed by atoms with Crippen molar-refractivity contribution in [1.82, 2.24) is 5.32 Å². The summed E-state index contributed by atoms with van der Waals surface area (Å²) in [5.74, 6) is -0.229. The third kappa shape index (κ3) is 2.48. The first-order valence-corrected chi connectivity index (χ1v) is 8.21. The van der Waals surface area contributed by atoms with Crippen LogP contribution in [0.25, 0.3) is 0 Å². The van der Waals surface area contributed by atoms with Crippen molar-refractivity contribution in [3.8, 4) is 11.5 Å². The largest absolute Gasteiger partial charge is 0.497 e. The second-order valence-electron chi connectivity index (χ2n) is 6.12. The van der Waals surface area contributed by atoms with Crippen molar-refractivity contribution >= 4 is 17.5 Å². The molecule has 4 rings (SSSR count). The van der Waals surface area contributed by atoms with Crippen molar-refractivity contribution < 1.29 is 23.9 Å². The van der Waals surface area contributed by atoms with Crippen molar-refractivity contribution in [2.24, 2.45) is 5.92 Å². The van der Waals surface area contributed by atoms with Crippen molar-refractivity contribution in [1.29, 1.82) is 0 Å². The normalized spacial score (nSPS) is 24.4. The highest BCUT2D eigenvalue weighted by atomic mass is 16.7. The van der Waals surface area contributed by atoms with E-state index in [1.807, 2.05) is 36.4 Å². The molecule has 2 heterocycles. The Balaban J connectivity index is 1.84. The molecule has 0 spiro atoms. The summed E-state index contributed by atoms with van der Waals surface area (Å²) in [6.45, 7) is 0. The summed E-state index contributed by atoms with van der Waals surface area (Å²) in [5.41, 5.74) is 1.50. The predicted octanol–water partition coefficient (Wildman–Crippen LogP) is 1.84. The van der Waals surface area contributed by atoms with Gasteiger partial charge < -0.3 is 9.47 Å². The minimum absolute atomic E-state index is 0.346. The minimum atomic E-state index is -0.862. The Labute approximate surface area is 150 Å². The van der Waals surface area contributed by atoms with Gasteiger partial charge in [0.1, 0.15) is 17.4 Å². The van der Waals surface area contributed by atoms with Gasteiger partial charge in [-0.3, -0.25) is 19.7 Å². The van der Waals surface area contributed by atoms with Crippen LogP contribution in [0.3, 0.4) is 0 Å². The maximum atomic E-state index is 12.4. The summed E-state index contributed by atoms with van der Waals surface area (Å²) < 4.78 is 10.8. The number of hydrogen-bond donors (Lipinski definition) is 1. The Morgan fingerprint density at radius 1 is 1.00 bits per heavy atom. The van der Waals surface area contributed by atoms with Gasteiger partial charge in [0, 0.05) is 11.6 Å². The van der Waals surface area contributed by atoms with Crippen molar-refractivity contribution in [3.63, 3.8) is 0 Å². The average molecular weight is 354 g/mol. The quantitative estimate of drug-likeness (QED) is 0.845. The van der Waals surface area contributed by atoms with Gasteiger partial charge in [-0.2, -0.15) is 0 Å². The van der Waals surface area contributed by atoms with E-state index < -0.39 is 24.0 Å². The van der Waals surface area contributed by atoms with Crippen molar-refractivity contribution in [2.45, 2.75) is 12.1 Å². The highest BCUT2D eigenvalue weighted by Gasteiger charge is 2.57. The van der Waals surface area contributed by atoms with Gasteiger partial charge in [-0.15, -0.1) is 0 Å². The fourth-order valence-corrected chi connectivity index (χ4v) is 3.51. The molecule has 1 N–H and O–H groups in total. The molecular weight excluding hydrogens is 336 g/mol. The molecule has 7 nitrogen and oxygen atoms in total. The molecule has 2 aliphatic heterocycles. The summed E-state index contributed by atoms with van der Waals surface area (Å²) in [6, 6.07) is 14.2. The topological polar surface area (TPSA) is 77.1 Å². The predicted molar refractivity (Wildman–Crippen MR) is 92.7 cm³/mol. The van der Waals surface area contributed by atoms with Crippen LogP contribution >= 0.6 is 0 Å². The molecule has 2 aromatic rings. The number of hydrogen-bond acceptors (Lipinski definition) is 6. The summed E-state index contributed by atoms with van der Waals surface area (Å²) in [7, 11) is 3.13. The van der Waals surface area contributed by atoms with Gasteiger partial charge in [0.05, 0.1) is 25.9 Å². The number of para-hydroxylation sites is 1. The Kier molecular flexibility index (Phi) is 4.00. The number of anilines is 1. The van der Waals surface area contributed by atoms with Crippen LogP contribution in [0.2, 0.25) is 0 Å². The molecule has 2 fully saturated rings. The number of benzene rings is 2. The first-order valence-electron chi connectivity index (χ1n) is 8.21. The SMILES string of the molecule is COc1ccc(C2C3C(=O)NC(=O)C3ON2c2ccccc2)c(OC)c1. The number of carbonyl (C=O) groups excluding carboxylic acids is 2. The van der Waals surface area contributed by atoms with Gasteiger partial charge in [0.2, 0.25) is 5.91 Å². The van der Waals surface area contributed by atoms with E-state index in [4.69, 9.17) is 14.3 Å². The Morgan fingerprint density at radius 3 is 2.46 bits per heavy atom. The average Bonchev–Trinajstić information content (AvgIpc) is 3.20. The third-order valence-electron chi connectivity index (χ3n) is 4.72. The maximum Gasteiger partial charge on any atom is 0.259 e. The molecule has 0 bridgehead atoms. The number of ether oxygens (including phenoxy) is 2. The Morgan fingerprint density at radius 2 is 1.77 bits per heavy atom. The lowest BCUT2D eigenvalue weighted by Crippen LogP contribution is -2.33. The van der Waals surface area contributed by atoms with Crippen LogP contribution in [0, 0.1) is 5.92 Å². The first kappa shape index (κ1) is 16.4. The van der Waals surface area contributed by atoms with Gasteiger partial charge in [-0.05, 0) is 24.3 Å². The van der Waals surface area contributed by atoms with Crippen LogP contribution in [0.5, 0.6) is 11.5 Å². The number of carbonyl (C=O) groups is 2. The zero-order chi connectivity index (χ0) is 18.3. The highest BCUT2D eigenvalue weighted by molar-refractivity contribution is 6.07. The summed E-state index contributed by atoms with van der Waals surface area (Å²) in [6.07, 6.45) is -0.862. The monoisotopic (exact) mass is 354 g/mol. The van der Waals surface area contributed by atoms with E-state index in [9.17, 15) is 9.59 Å². The van der Waals surface area contributed by atoms with Crippen LogP contribution in [-0.2, 0) is 14.4 Å². The fourth-order valence-electron chi connectivity index (χ4n) is 3.51. The smallest absolute Gasteiger partial charge is 0.259 e. The molecule has 0 saturated carbocycles. The molecule has 26 heavy (non-hydrogen) atoms. The van der Waals surface area contributed by atoms with Gasteiger partial charge in [0.15, 0.2) is 6.10 Å². The van der Waals surface area contributed by atoms with Gasteiger partial charge in [-0.25, -0.2) is 5.06 Å². The Hall–Kier alpha value is -3.06. The maximum absolute atomic E-state index is 12.4. The van der Waals surface area contributed by atoms with E-state index in [-0.39, 0.29) is 5.91 Å². The summed E-state index contributed by atoms with van der Waals surface area (Å²) in [4.78, 5) is 30.5. The van der Waals surface area contributed by atoms with Crippen LogP contribution in [0.4, 0.5) is 5.69 Å². The molecule has 134 valence electrons. The van der Waals surface area contributed by atoms with E-state index in [0.717, 1.165) is 11.3 Å². The second kappa shape index (κ2) is 6.34. The standard InChI is InChI=1S/C19H18N2O5/c1-24-12-8-9-13(14(10-12)25-2)16-15-17(19(23)20-18(15)22)26-21(16)11-6-4-3-5-7-11/h3-10,15-17H,1-2H3,(H,20,22,23). The fraction of sp³-hybridized carbons (Fsp3) is 0.263. The van der Waals surface area contributed by atoms with E-state index in [2.05, 4.69) is 5.32 Å². The molecule has 2 amide bonds. The Bertz CT molecular complexity index is 854. The summed E-state index contributed by atoms with van der Waals surface area (Å²) in [5, 5.41) is 3.98. The van der Waals surface area contributed by atoms with Gasteiger partial charge in [0.25, 0.3) is 5.91 Å². The van der Waals surface area contributed by atoms with Crippen molar-refractivity contribution in [2.75, 3.05) is 19.3 Å². The number of hydroxylamine groups is 1. The van der Waals surface area contributed by atoms with Crippen LogP contribution in [0.1, 0.15) is 11.6 Å². The van der Waals surface area contributed by atoms with Gasteiger partial charge >= 0.3 is 0 Å². The minimum Gasteiger partial charge on any atom is -0.497 e. The zero-order valence-electron chi connectivity index (χ0n) is 14.3. The van der Waals surface area contributed by atoms with E-state index in [0.29, 0.717) is 11.5 Å². The number of rotatable bonds is 4. The molecule has 7 heteroatoms. The zero-order valence-corrected chi connectivity index (χ0v) is 14.3. The van der Waals surface area contributed by atoms with Crippen LogP contribution in [0.15, 0.2) is 48.5 Å². The lowest BCUT2D eigenvalue weighted by molar-refractivity contribution is -0.129. The van der Waals surface area contributed by atoms with Crippen LogP contribution < -0.4 is 19.9 Å². The van der Waals surface area contributed by atoms with E-state index in [1.165, 1.54) is 0 Å². The number of nitrogens with zero attached hydrogens (tertiary/aromatic N) is 1. The number of amides is 2. The molecule has 2 saturated heterocycles. The second-order valence-corrected chi connectivity index (χ2v) is 6.12. The highest BCUT2D eigenvalue weighted by Crippen LogP contribution is 2.47. The van der Waals surface area contributed by atoms with Gasteiger partial charge in [-0.1, -0.05) is 18.2 Å². The molecule has 3 unspecified atom stereocenters. The molecule has 0 aromatic heterocycles. The van der Waals surface area contributed by atoms with Crippen molar-refractivity contribution in [3.05, 3.63) is 54.1 Å². The molecule has 3 atom stereocenters. The van der Waals surface area contributed by atoms with E-state index in [1.54, 1.807) is 31.4 Å². The first-order chi connectivity index (χ1) is 12.6. The van der Waals surface area contributed by atoms with E-state index >= 15 is 0 Å².